The van der Waals surface area contributed by atoms with E-state index >= 15 is 0 Å². The number of nitrogens with one attached hydrogen (secondary N) is 1. The van der Waals surface area contributed by atoms with Gasteiger partial charge in [-0.3, -0.25) is 4.79 Å². The van der Waals surface area contributed by atoms with Crippen molar-refractivity contribution in [2.75, 3.05) is 19.3 Å². The molecule has 0 bridgehead atoms. The zero-order chi connectivity index (χ0) is 13.8. The standard InChI is InChI=1S/C12H24N2O3S/c1-4-10(5-2)12(15)14-8-6-11(7-9-14)13-18(3,16)17/h10-11,13H,4-9H2,1-3H3. The summed E-state index contributed by atoms with van der Waals surface area (Å²) in [6.45, 7) is 5.37. The number of amides is 1. The van der Waals surface area contributed by atoms with Gasteiger partial charge in [0.1, 0.15) is 0 Å². The maximum atomic E-state index is 12.1. The molecule has 0 aromatic carbocycles. The van der Waals surface area contributed by atoms with Gasteiger partial charge in [-0.1, -0.05) is 13.8 Å². The Kier molecular flexibility index (Phi) is 5.59. The van der Waals surface area contributed by atoms with Gasteiger partial charge < -0.3 is 4.90 Å². The largest absolute Gasteiger partial charge is 0.342 e. The van der Waals surface area contributed by atoms with E-state index in [-0.39, 0.29) is 17.9 Å². The molecule has 1 fully saturated rings. The monoisotopic (exact) mass is 276 g/mol. The summed E-state index contributed by atoms with van der Waals surface area (Å²) in [4.78, 5) is 14.0. The molecule has 0 atom stereocenters. The van der Waals surface area contributed by atoms with Crippen molar-refractivity contribution in [1.82, 2.24) is 9.62 Å². The molecular formula is C12H24N2O3S. The van der Waals surface area contributed by atoms with Gasteiger partial charge in [0.2, 0.25) is 15.9 Å². The van der Waals surface area contributed by atoms with Crippen LogP contribution in [0.5, 0.6) is 0 Å². The van der Waals surface area contributed by atoms with Crippen LogP contribution in [0.4, 0.5) is 0 Å². The lowest BCUT2D eigenvalue weighted by atomic mass is 9.99. The van der Waals surface area contributed by atoms with Crippen molar-refractivity contribution in [2.45, 2.75) is 45.6 Å². The Morgan fingerprint density at radius 3 is 2.17 bits per heavy atom. The van der Waals surface area contributed by atoms with E-state index in [9.17, 15) is 13.2 Å². The second-order valence-electron chi connectivity index (χ2n) is 5.00. The highest BCUT2D eigenvalue weighted by Gasteiger charge is 2.27. The van der Waals surface area contributed by atoms with Crippen LogP contribution in [0.1, 0.15) is 39.5 Å². The van der Waals surface area contributed by atoms with Gasteiger partial charge in [0.15, 0.2) is 0 Å². The molecule has 1 saturated heterocycles. The lowest BCUT2D eigenvalue weighted by Crippen LogP contribution is -2.47. The van der Waals surface area contributed by atoms with E-state index in [0.29, 0.717) is 25.9 Å². The second-order valence-corrected chi connectivity index (χ2v) is 6.78. The molecule has 0 aromatic rings. The lowest BCUT2D eigenvalue weighted by Gasteiger charge is -2.34. The van der Waals surface area contributed by atoms with Gasteiger partial charge in [-0.15, -0.1) is 0 Å². The third-order valence-electron chi connectivity index (χ3n) is 3.52. The second kappa shape index (κ2) is 6.52. The Hall–Kier alpha value is -0.620. The van der Waals surface area contributed by atoms with Crippen LogP contribution in [0.25, 0.3) is 0 Å². The molecule has 1 amide bonds. The number of hydrogen-bond donors (Lipinski definition) is 1. The summed E-state index contributed by atoms with van der Waals surface area (Å²) in [7, 11) is -3.14. The fourth-order valence-electron chi connectivity index (χ4n) is 2.42. The van der Waals surface area contributed by atoms with E-state index in [0.717, 1.165) is 12.8 Å². The number of hydrogen-bond acceptors (Lipinski definition) is 3. The van der Waals surface area contributed by atoms with Gasteiger partial charge in [-0.05, 0) is 25.7 Å². The molecule has 6 heteroatoms. The van der Waals surface area contributed by atoms with E-state index in [1.807, 2.05) is 18.7 Å². The Morgan fingerprint density at radius 1 is 1.28 bits per heavy atom. The third kappa shape index (κ3) is 4.57. The normalized spacial score (nSPS) is 18.3. The van der Waals surface area contributed by atoms with Crippen LogP contribution >= 0.6 is 0 Å². The molecule has 1 heterocycles. The number of piperidine rings is 1. The summed E-state index contributed by atoms with van der Waals surface area (Å²) >= 11 is 0. The third-order valence-corrected chi connectivity index (χ3v) is 4.28. The van der Waals surface area contributed by atoms with Crippen LogP contribution in [0, 0.1) is 5.92 Å². The maximum absolute atomic E-state index is 12.1. The minimum Gasteiger partial charge on any atom is -0.342 e. The molecule has 5 nitrogen and oxygen atoms in total. The summed E-state index contributed by atoms with van der Waals surface area (Å²) in [5.41, 5.74) is 0. The van der Waals surface area contributed by atoms with Crippen LogP contribution in [-0.4, -0.2) is 44.6 Å². The lowest BCUT2D eigenvalue weighted by molar-refractivity contribution is -0.136. The van der Waals surface area contributed by atoms with Crippen LogP contribution in [0.2, 0.25) is 0 Å². The van der Waals surface area contributed by atoms with Gasteiger partial charge in [0, 0.05) is 25.0 Å². The molecule has 1 aliphatic rings. The maximum Gasteiger partial charge on any atom is 0.225 e. The number of likely N-dealkylation sites (tertiary alicyclic amines) is 1. The van der Waals surface area contributed by atoms with Crippen molar-refractivity contribution in [2.24, 2.45) is 5.92 Å². The summed E-state index contributed by atoms with van der Waals surface area (Å²) in [5.74, 6) is 0.335. The molecule has 1 N–H and O–H groups in total. The first kappa shape index (κ1) is 15.4. The Morgan fingerprint density at radius 2 is 1.78 bits per heavy atom. The fraction of sp³-hybridized carbons (Fsp3) is 0.917. The highest BCUT2D eigenvalue weighted by molar-refractivity contribution is 7.88. The van der Waals surface area contributed by atoms with Gasteiger partial charge in [-0.2, -0.15) is 0 Å². The van der Waals surface area contributed by atoms with E-state index in [4.69, 9.17) is 0 Å². The molecule has 0 aromatic heterocycles. The van der Waals surface area contributed by atoms with Gasteiger partial charge >= 0.3 is 0 Å². The molecule has 1 rings (SSSR count). The molecule has 106 valence electrons. The first-order valence-corrected chi connectivity index (χ1v) is 8.52. The van der Waals surface area contributed by atoms with Crippen LogP contribution in [0.15, 0.2) is 0 Å². The average Bonchev–Trinajstić information content (AvgIpc) is 2.29. The average molecular weight is 276 g/mol. The number of rotatable bonds is 5. The number of sulfonamides is 1. The zero-order valence-corrected chi connectivity index (χ0v) is 12.3. The fourth-order valence-corrected chi connectivity index (χ4v) is 3.26. The van der Waals surface area contributed by atoms with E-state index in [1.54, 1.807) is 0 Å². The molecule has 0 spiro atoms. The topological polar surface area (TPSA) is 66.5 Å². The van der Waals surface area contributed by atoms with Crippen LogP contribution in [-0.2, 0) is 14.8 Å². The highest BCUT2D eigenvalue weighted by Crippen LogP contribution is 2.17. The first-order valence-electron chi connectivity index (χ1n) is 6.63. The quantitative estimate of drug-likeness (QED) is 0.813. The van der Waals surface area contributed by atoms with Crippen molar-refractivity contribution in [3.05, 3.63) is 0 Å². The predicted octanol–water partition coefficient (Wildman–Crippen LogP) is 0.963. The Bertz CT molecular complexity index is 369. The highest BCUT2D eigenvalue weighted by atomic mass is 32.2. The minimum absolute atomic E-state index is 0.0225. The zero-order valence-electron chi connectivity index (χ0n) is 11.5. The summed E-state index contributed by atoms with van der Waals surface area (Å²) in [6.07, 6.45) is 4.33. The predicted molar refractivity (Wildman–Crippen MR) is 71.7 cm³/mol. The van der Waals surface area contributed by atoms with Gasteiger partial charge in [0.05, 0.1) is 6.26 Å². The number of carbonyl (C=O) groups is 1. The van der Waals surface area contributed by atoms with Crippen LogP contribution < -0.4 is 4.72 Å². The smallest absolute Gasteiger partial charge is 0.225 e. The first-order chi connectivity index (χ1) is 8.37. The molecule has 1 aliphatic heterocycles. The summed E-state index contributed by atoms with van der Waals surface area (Å²) in [6, 6.07) is -0.0225. The summed E-state index contributed by atoms with van der Waals surface area (Å²) in [5, 5.41) is 0. The van der Waals surface area contributed by atoms with Crippen molar-refractivity contribution in [1.29, 1.82) is 0 Å². The number of nitrogens with zero attached hydrogens (tertiary/aromatic N) is 1. The van der Waals surface area contributed by atoms with E-state index in [2.05, 4.69) is 4.72 Å². The molecule has 0 unspecified atom stereocenters. The van der Waals surface area contributed by atoms with Crippen molar-refractivity contribution < 1.29 is 13.2 Å². The molecule has 0 aliphatic carbocycles. The SMILES string of the molecule is CCC(CC)C(=O)N1CCC(NS(C)(=O)=O)CC1. The molecular weight excluding hydrogens is 252 g/mol. The molecule has 18 heavy (non-hydrogen) atoms. The Labute approximate surface area is 110 Å². The summed E-state index contributed by atoms with van der Waals surface area (Å²) < 4.78 is 24.9. The van der Waals surface area contributed by atoms with Gasteiger partial charge in [0.25, 0.3) is 0 Å². The van der Waals surface area contributed by atoms with Crippen molar-refractivity contribution >= 4 is 15.9 Å². The number of carbonyl (C=O) groups excluding carboxylic acids is 1. The van der Waals surface area contributed by atoms with Gasteiger partial charge in [-0.25, -0.2) is 13.1 Å². The Balaban J connectivity index is 2.46. The van der Waals surface area contributed by atoms with E-state index < -0.39 is 10.0 Å². The van der Waals surface area contributed by atoms with E-state index in [1.165, 1.54) is 6.26 Å². The molecule has 0 radical (unpaired) electrons. The minimum atomic E-state index is -3.14. The molecule has 0 saturated carbocycles. The van der Waals surface area contributed by atoms with Crippen molar-refractivity contribution in [3.63, 3.8) is 0 Å². The van der Waals surface area contributed by atoms with Crippen LogP contribution in [0.3, 0.4) is 0 Å². The van der Waals surface area contributed by atoms with Crippen molar-refractivity contribution in [3.8, 4) is 0 Å².